The molecule has 1 atom stereocenters. The van der Waals surface area contributed by atoms with E-state index in [9.17, 15) is 18.0 Å². The Morgan fingerprint density at radius 3 is 2.75 bits per heavy atom. The first-order valence-corrected chi connectivity index (χ1v) is 13.5. The van der Waals surface area contributed by atoms with Crippen LogP contribution in [0.4, 0.5) is 5.82 Å². The number of halogens is 1. The molecular weight excluding hydrogens is 506 g/mol. The van der Waals surface area contributed by atoms with E-state index >= 15 is 0 Å². The molecule has 3 aromatic heterocycles. The first kappa shape index (κ1) is 24.2. The number of nitrogens with two attached hydrogens (primary N) is 1. The number of nitrogens with one attached hydrogen (secondary N) is 2. The van der Waals surface area contributed by atoms with Crippen LogP contribution >= 0.6 is 11.6 Å². The zero-order chi connectivity index (χ0) is 25.8. The Morgan fingerprint density at radius 2 is 2.03 bits per heavy atom. The van der Waals surface area contributed by atoms with Crippen molar-refractivity contribution in [1.82, 2.24) is 29.2 Å². The monoisotopic (exact) mass is 529 g/mol. The number of amides is 1. The Kier molecular flexibility index (Phi) is 5.97. The zero-order valence-electron chi connectivity index (χ0n) is 19.5. The van der Waals surface area contributed by atoms with Crippen LogP contribution in [0.3, 0.4) is 0 Å². The van der Waals surface area contributed by atoms with Crippen molar-refractivity contribution in [2.45, 2.75) is 37.9 Å². The summed E-state index contributed by atoms with van der Waals surface area (Å²) in [4.78, 5) is 31.1. The van der Waals surface area contributed by atoms with Gasteiger partial charge in [0.05, 0.1) is 22.7 Å². The number of rotatable bonds is 6. The van der Waals surface area contributed by atoms with Gasteiger partial charge in [0.25, 0.3) is 11.5 Å². The van der Waals surface area contributed by atoms with Crippen molar-refractivity contribution < 1.29 is 13.2 Å². The number of hydrogen-bond donors (Lipinski definition) is 3. The number of pyridine rings is 1. The Bertz CT molecular complexity index is 1680. The van der Waals surface area contributed by atoms with E-state index in [0.29, 0.717) is 40.0 Å². The largest absolute Gasteiger partial charge is 0.381 e. The molecule has 0 saturated heterocycles. The number of nitrogen functional groups attached to an aromatic ring is 1. The second-order valence-corrected chi connectivity index (χ2v) is 11.2. The maximum absolute atomic E-state index is 13.6. The normalized spacial score (nSPS) is 18.8. The summed E-state index contributed by atoms with van der Waals surface area (Å²) in [7, 11) is -3.37. The quantitative estimate of drug-likeness (QED) is 0.345. The van der Waals surface area contributed by atoms with Gasteiger partial charge in [-0.15, -0.1) is 5.10 Å². The molecule has 5 rings (SSSR count). The fourth-order valence-corrected chi connectivity index (χ4v) is 5.79. The SMILES string of the molecule is C[C@H](NC(=O)c1c(N)nn2cccnc12)c1cc2cccc(Cl)c2c(=O)n1C1CC(NS(C)(=O)=O)C1. The highest BCUT2D eigenvalue weighted by Gasteiger charge is 2.35. The van der Waals surface area contributed by atoms with Crippen LogP contribution in [0.25, 0.3) is 16.4 Å². The van der Waals surface area contributed by atoms with Gasteiger partial charge in [0, 0.05) is 30.2 Å². The van der Waals surface area contributed by atoms with E-state index in [-0.39, 0.29) is 29.0 Å². The molecule has 1 aliphatic rings. The van der Waals surface area contributed by atoms with E-state index in [0.717, 1.165) is 6.26 Å². The number of fused-ring (bicyclic) bond motifs is 2. The topological polar surface area (TPSA) is 153 Å². The summed E-state index contributed by atoms with van der Waals surface area (Å²) in [5.74, 6) is -0.445. The molecule has 1 aliphatic carbocycles. The van der Waals surface area contributed by atoms with Crippen molar-refractivity contribution in [2.24, 2.45) is 0 Å². The van der Waals surface area contributed by atoms with Gasteiger partial charge in [-0.1, -0.05) is 23.7 Å². The van der Waals surface area contributed by atoms with Gasteiger partial charge in [0.1, 0.15) is 5.56 Å². The van der Waals surface area contributed by atoms with Gasteiger partial charge < -0.3 is 15.6 Å². The second kappa shape index (κ2) is 8.87. The Morgan fingerprint density at radius 1 is 1.28 bits per heavy atom. The molecule has 1 saturated carbocycles. The molecule has 1 amide bonds. The number of sulfonamides is 1. The van der Waals surface area contributed by atoms with Gasteiger partial charge in [0.2, 0.25) is 10.0 Å². The summed E-state index contributed by atoms with van der Waals surface area (Å²) < 4.78 is 28.9. The van der Waals surface area contributed by atoms with E-state index in [1.165, 1.54) is 4.52 Å². The number of aromatic nitrogens is 4. The average Bonchev–Trinajstić information content (AvgIpc) is 3.11. The van der Waals surface area contributed by atoms with Crippen LogP contribution in [0.15, 0.2) is 47.5 Å². The molecule has 188 valence electrons. The Labute approximate surface area is 211 Å². The molecule has 36 heavy (non-hydrogen) atoms. The van der Waals surface area contributed by atoms with E-state index in [1.54, 1.807) is 48.1 Å². The predicted molar refractivity (Wildman–Crippen MR) is 137 cm³/mol. The first-order chi connectivity index (χ1) is 17.0. The summed E-state index contributed by atoms with van der Waals surface area (Å²) in [6, 6.07) is 7.53. The standard InChI is InChI=1S/C23H24ClN7O4S/c1-12(27-22(32)19-20(25)28-30-8-4-7-26-21(19)30)17-9-13-5-3-6-16(24)18(13)23(33)31(17)15-10-14(11-15)29-36(2,34)35/h3-9,12,14-15,29H,10-11H2,1-2H3,(H2,25,28)(H,27,32)/t12-,14?,15?/m0/s1. The van der Waals surface area contributed by atoms with Crippen molar-refractivity contribution in [2.75, 3.05) is 12.0 Å². The third kappa shape index (κ3) is 4.31. The minimum absolute atomic E-state index is 0.0368. The fourth-order valence-electron chi connectivity index (χ4n) is 4.73. The highest BCUT2D eigenvalue weighted by Crippen LogP contribution is 2.35. The number of carbonyl (C=O) groups excluding carboxylic acids is 1. The van der Waals surface area contributed by atoms with Gasteiger partial charge in [-0.05, 0) is 43.4 Å². The second-order valence-electron chi connectivity index (χ2n) is 9.00. The lowest BCUT2D eigenvalue weighted by Gasteiger charge is -2.38. The molecule has 4 N–H and O–H groups in total. The van der Waals surface area contributed by atoms with Crippen LogP contribution in [0.1, 0.15) is 47.9 Å². The first-order valence-electron chi connectivity index (χ1n) is 11.2. The zero-order valence-corrected chi connectivity index (χ0v) is 21.0. The molecule has 0 unspecified atom stereocenters. The molecule has 11 nitrogen and oxygen atoms in total. The molecule has 1 fully saturated rings. The van der Waals surface area contributed by atoms with Crippen molar-refractivity contribution in [3.8, 4) is 0 Å². The van der Waals surface area contributed by atoms with E-state index in [1.807, 2.05) is 6.07 Å². The van der Waals surface area contributed by atoms with Crippen LogP contribution in [0.2, 0.25) is 5.02 Å². The van der Waals surface area contributed by atoms with Crippen LogP contribution in [-0.2, 0) is 10.0 Å². The highest BCUT2D eigenvalue weighted by molar-refractivity contribution is 7.88. The molecule has 3 heterocycles. The highest BCUT2D eigenvalue weighted by atomic mass is 35.5. The predicted octanol–water partition coefficient (Wildman–Crippen LogP) is 2.02. The minimum atomic E-state index is -3.37. The van der Waals surface area contributed by atoms with Gasteiger partial charge in [-0.3, -0.25) is 9.59 Å². The fraction of sp³-hybridized carbons (Fsp3) is 0.304. The van der Waals surface area contributed by atoms with Gasteiger partial charge in [0.15, 0.2) is 11.5 Å². The number of benzene rings is 1. The van der Waals surface area contributed by atoms with Gasteiger partial charge in [-0.25, -0.2) is 22.6 Å². The van der Waals surface area contributed by atoms with Crippen LogP contribution in [0, 0.1) is 0 Å². The number of anilines is 1. The summed E-state index contributed by atoms with van der Waals surface area (Å²) in [5.41, 5.74) is 6.72. The van der Waals surface area contributed by atoms with E-state index < -0.39 is 22.0 Å². The third-order valence-corrected chi connectivity index (χ3v) is 7.44. The van der Waals surface area contributed by atoms with Crippen LogP contribution in [0.5, 0.6) is 0 Å². The third-order valence-electron chi connectivity index (χ3n) is 6.36. The molecule has 0 bridgehead atoms. The van der Waals surface area contributed by atoms with Gasteiger partial charge >= 0.3 is 0 Å². The number of hydrogen-bond acceptors (Lipinski definition) is 7. The van der Waals surface area contributed by atoms with Crippen LogP contribution < -0.4 is 21.3 Å². The average molecular weight is 530 g/mol. The molecular formula is C23H24ClN7O4S. The maximum atomic E-state index is 13.6. The lowest BCUT2D eigenvalue weighted by Crippen LogP contribution is -2.47. The summed E-state index contributed by atoms with van der Waals surface area (Å²) in [6.07, 6.45) is 5.15. The van der Waals surface area contributed by atoms with Crippen molar-refractivity contribution in [3.63, 3.8) is 0 Å². The smallest absolute Gasteiger partial charge is 0.260 e. The van der Waals surface area contributed by atoms with Crippen molar-refractivity contribution in [1.29, 1.82) is 0 Å². The Balaban J connectivity index is 1.53. The molecule has 0 radical (unpaired) electrons. The van der Waals surface area contributed by atoms with Crippen molar-refractivity contribution in [3.05, 3.63) is 69.4 Å². The van der Waals surface area contributed by atoms with E-state index in [4.69, 9.17) is 17.3 Å². The van der Waals surface area contributed by atoms with E-state index in [2.05, 4.69) is 20.1 Å². The van der Waals surface area contributed by atoms with Crippen LogP contribution in [-0.4, -0.2) is 45.8 Å². The molecule has 1 aromatic carbocycles. The molecule has 4 aromatic rings. The lowest BCUT2D eigenvalue weighted by molar-refractivity contribution is 0.0939. The molecule has 0 aliphatic heterocycles. The number of nitrogens with zero attached hydrogens (tertiary/aromatic N) is 4. The summed E-state index contributed by atoms with van der Waals surface area (Å²) >= 11 is 6.37. The minimum Gasteiger partial charge on any atom is -0.381 e. The molecule has 13 heteroatoms. The van der Waals surface area contributed by atoms with Gasteiger partial charge in [-0.2, -0.15) is 0 Å². The summed E-state index contributed by atoms with van der Waals surface area (Å²) in [6.45, 7) is 1.76. The Hall–Kier alpha value is -3.48. The number of carbonyl (C=O) groups is 1. The maximum Gasteiger partial charge on any atom is 0.260 e. The molecule has 0 spiro atoms. The lowest BCUT2D eigenvalue weighted by atomic mass is 9.86. The summed E-state index contributed by atoms with van der Waals surface area (Å²) in [5, 5.41) is 8.38. The van der Waals surface area contributed by atoms with Crippen molar-refractivity contribution >= 4 is 49.8 Å².